The van der Waals surface area contributed by atoms with Crippen molar-refractivity contribution in [1.82, 2.24) is 9.80 Å². The highest BCUT2D eigenvalue weighted by Gasteiger charge is 2.34. The van der Waals surface area contributed by atoms with Crippen molar-refractivity contribution in [1.29, 1.82) is 0 Å². The third-order valence-electron chi connectivity index (χ3n) is 5.25. The van der Waals surface area contributed by atoms with Crippen LogP contribution in [0.15, 0.2) is 24.3 Å². The second-order valence-electron chi connectivity index (χ2n) is 7.00. The summed E-state index contributed by atoms with van der Waals surface area (Å²) in [6, 6.07) is 10.5. The highest BCUT2D eigenvalue weighted by Crippen LogP contribution is 2.31. The van der Waals surface area contributed by atoms with Gasteiger partial charge in [-0.25, -0.2) is 0 Å². The Labute approximate surface area is 128 Å². The molecule has 0 spiro atoms. The minimum Gasteiger partial charge on any atom is -0.381 e. The maximum atomic E-state index is 3.83. The summed E-state index contributed by atoms with van der Waals surface area (Å²) in [6.45, 7) is 6.18. The molecule has 1 aliphatic carbocycles. The molecule has 1 unspecified atom stereocenters. The third-order valence-corrected chi connectivity index (χ3v) is 5.25. The summed E-state index contributed by atoms with van der Waals surface area (Å²) in [6.07, 6.45) is 6.90. The fourth-order valence-corrected chi connectivity index (χ4v) is 3.88. The summed E-state index contributed by atoms with van der Waals surface area (Å²) in [7, 11) is 0. The van der Waals surface area contributed by atoms with Gasteiger partial charge in [0.25, 0.3) is 0 Å². The zero-order valence-corrected chi connectivity index (χ0v) is 12.9. The van der Waals surface area contributed by atoms with Crippen LogP contribution >= 0.6 is 0 Å². The van der Waals surface area contributed by atoms with Crippen molar-refractivity contribution in [3.63, 3.8) is 0 Å². The Morgan fingerprint density at radius 1 is 1.00 bits per heavy atom. The lowest BCUT2D eigenvalue weighted by Crippen LogP contribution is -2.28. The van der Waals surface area contributed by atoms with Gasteiger partial charge in [-0.2, -0.15) is 0 Å². The number of rotatable bonds is 5. The van der Waals surface area contributed by atoms with E-state index < -0.39 is 0 Å². The molecule has 1 N–H and O–H groups in total. The van der Waals surface area contributed by atoms with E-state index in [1.165, 1.54) is 69.5 Å². The van der Waals surface area contributed by atoms with Gasteiger partial charge in [0.15, 0.2) is 0 Å². The van der Waals surface area contributed by atoms with Crippen LogP contribution < -0.4 is 5.32 Å². The van der Waals surface area contributed by atoms with Crippen LogP contribution in [-0.4, -0.2) is 48.1 Å². The Hall–Kier alpha value is -1.06. The van der Waals surface area contributed by atoms with Crippen LogP contribution in [0.3, 0.4) is 0 Å². The standard InChI is InChI=1S/C18H27N3/c1-2-6-18(15(5-1)13-20-10-3-4-11-20)19-16-9-12-21(14-16)17-7-8-17/h1-2,5-6,16-17,19H,3-4,7-14H2. The lowest BCUT2D eigenvalue weighted by Gasteiger charge is -2.21. The van der Waals surface area contributed by atoms with E-state index in [9.17, 15) is 0 Å². The van der Waals surface area contributed by atoms with Crippen LogP contribution in [0.25, 0.3) is 0 Å². The number of benzene rings is 1. The Morgan fingerprint density at radius 2 is 1.81 bits per heavy atom. The zero-order chi connectivity index (χ0) is 14.1. The second kappa shape index (κ2) is 5.98. The molecule has 3 heteroatoms. The van der Waals surface area contributed by atoms with Crippen molar-refractivity contribution >= 4 is 5.69 Å². The maximum Gasteiger partial charge on any atom is 0.0400 e. The van der Waals surface area contributed by atoms with E-state index in [0.717, 1.165) is 12.6 Å². The van der Waals surface area contributed by atoms with Crippen molar-refractivity contribution in [3.8, 4) is 0 Å². The molecule has 2 heterocycles. The van der Waals surface area contributed by atoms with E-state index in [2.05, 4.69) is 39.4 Å². The van der Waals surface area contributed by atoms with Gasteiger partial charge < -0.3 is 5.32 Å². The molecule has 0 amide bonds. The maximum absolute atomic E-state index is 3.83. The van der Waals surface area contributed by atoms with Gasteiger partial charge in [0.05, 0.1) is 0 Å². The van der Waals surface area contributed by atoms with E-state index in [4.69, 9.17) is 0 Å². The predicted molar refractivity (Wildman–Crippen MR) is 87.6 cm³/mol. The number of anilines is 1. The molecule has 1 aromatic carbocycles. The van der Waals surface area contributed by atoms with E-state index in [0.29, 0.717) is 6.04 Å². The third kappa shape index (κ3) is 3.24. The van der Waals surface area contributed by atoms with Gasteiger partial charge in [0.1, 0.15) is 0 Å². The second-order valence-corrected chi connectivity index (χ2v) is 7.00. The highest BCUT2D eigenvalue weighted by atomic mass is 15.2. The lowest BCUT2D eigenvalue weighted by molar-refractivity contribution is 0.325. The quantitative estimate of drug-likeness (QED) is 0.897. The average molecular weight is 285 g/mol. The summed E-state index contributed by atoms with van der Waals surface area (Å²) >= 11 is 0. The van der Waals surface area contributed by atoms with Gasteiger partial charge in [-0.1, -0.05) is 18.2 Å². The van der Waals surface area contributed by atoms with E-state index >= 15 is 0 Å². The monoisotopic (exact) mass is 285 g/mol. The number of nitrogens with zero attached hydrogens (tertiary/aromatic N) is 2. The van der Waals surface area contributed by atoms with E-state index in [1.807, 2.05) is 0 Å². The van der Waals surface area contributed by atoms with Gasteiger partial charge in [-0.15, -0.1) is 0 Å². The topological polar surface area (TPSA) is 18.5 Å². The number of para-hydroxylation sites is 1. The Bertz CT molecular complexity index is 477. The molecule has 114 valence electrons. The molecular weight excluding hydrogens is 258 g/mol. The molecule has 2 aliphatic heterocycles. The largest absolute Gasteiger partial charge is 0.381 e. The van der Waals surface area contributed by atoms with Gasteiger partial charge in [0.2, 0.25) is 0 Å². The van der Waals surface area contributed by atoms with Crippen molar-refractivity contribution in [2.75, 3.05) is 31.5 Å². The molecule has 0 bridgehead atoms. The Balaban J connectivity index is 1.39. The molecule has 1 atom stereocenters. The summed E-state index contributed by atoms with van der Waals surface area (Å²) in [5.41, 5.74) is 2.84. The first-order valence-corrected chi connectivity index (χ1v) is 8.69. The van der Waals surface area contributed by atoms with Gasteiger partial charge in [-0.3, -0.25) is 9.80 Å². The Kier molecular flexibility index (Phi) is 3.87. The van der Waals surface area contributed by atoms with E-state index in [1.54, 1.807) is 0 Å². The fourth-order valence-electron chi connectivity index (χ4n) is 3.88. The van der Waals surface area contributed by atoms with Crippen molar-refractivity contribution in [3.05, 3.63) is 29.8 Å². The molecule has 21 heavy (non-hydrogen) atoms. The summed E-state index contributed by atoms with van der Waals surface area (Å²) < 4.78 is 0. The summed E-state index contributed by atoms with van der Waals surface area (Å²) in [5.74, 6) is 0. The van der Waals surface area contributed by atoms with Crippen LogP contribution in [0.1, 0.15) is 37.7 Å². The molecule has 4 rings (SSSR count). The molecule has 2 saturated heterocycles. The molecular formula is C18H27N3. The molecule has 3 aliphatic rings. The number of hydrogen-bond donors (Lipinski definition) is 1. The SMILES string of the molecule is c1ccc(NC2CCN(C3CC3)C2)c(CN2CCCC2)c1. The first kappa shape index (κ1) is 13.6. The normalized spacial score (nSPS) is 27.3. The summed E-state index contributed by atoms with van der Waals surface area (Å²) in [4.78, 5) is 5.27. The van der Waals surface area contributed by atoms with Crippen LogP contribution in [-0.2, 0) is 6.54 Å². The molecule has 0 aromatic heterocycles. The number of nitrogens with one attached hydrogen (secondary N) is 1. The highest BCUT2D eigenvalue weighted by molar-refractivity contribution is 5.52. The first-order valence-electron chi connectivity index (χ1n) is 8.69. The van der Waals surface area contributed by atoms with Crippen molar-refractivity contribution < 1.29 is 0 Å². The first-order chi connectivity index (χ1) is 10.4. The molecule has 3 nitrogen and oxygen atoms in total. The smallest absolute Gasteiger partial charge is 0.0400 e. The van der Waals surface area contributed by atoms with Crippen LogP contribution in [0.4, 0.5) is 5.69 Å². The van der Waals surface area contributed by atoms with Crippen LogP contribution in [0, 0.1) is 0 Å². The number of likely N-dealkylation sites (tertiary alicyclic amines) is 2. The molecule has 3 fully saturated rings. The van der Waals surface area contributed by atoms with Gasteiger partial charge in [-0.05, 0) is 56.8 Å². The summed E-state index contributed by atoms with van der Waals surface area (Å²) in [5, 5.41) is 3.83. The van der Waals surface area contributed by atoms with Crippen LogP contribution in [0.5, 0.6) is 0 Å². The lowest BCUT2D eigenvalue weighted by atomic mass is 10.1. The van der Waals surface area contributed by atoms with Crippen molar-refractivity contribution in [2.24, 2.45) is 0 Å². The average Bonchev–Trinajstić information content (AvgIpc) is 3.03. The minimum absolute atomic E-state index is 0.644. The number of hydrogen-bond acceptors (Lipinski definition) is 3. The van der Waals surface area contributed by atoms with Gasteiger partial charge >= 0.3 is 0 Å². The van der Waals surface area contributed by atoms with Crippen LogP contribution in [0.2, 0.25) is 0 Å². The molecule has 1 aromatic rings. The zero-order valence-electron chi connectivity index (χ0n) is 12.9. The van der Waals surface area contributed by atoms with E-state index in [-0.39, 0.29) is 0 Å². The molecule has 1 saturated carbocycles. The predicted octanol–water partition coefficient (Wildman–Crippen LogP) is 2.93. The molecule has 0 radical (unpaired) electrons. The fraction of sp³-hybridized carbons (Fsp3) is 0.667. The van der Waals surface area contributed by atoms with Crippen molar-refractivity contribution in [2.45, 2.75) is 50.7 Å². The Morgan fingerprint density at radius 3 is 2.62 bits per heavy atom. The minimum atomic E-state index is 0.644. The van der Waals surface area contributed by atoms with Gasteiger partial charge in [0, 0.05) is 37.4 Å².